The van der Waals surface area contributed by atoms with Crippen LogP contribution in [0.15, 0.2) is 34.4 Å². The summed E-state index contributed by atoms with van der Waals surface area (Å²) in [6, 6.07) is 8.36. The fraction of sp³-hybridized carbons (Fsp3) is 0.412. The molecule has 0 aliphatic rings. The van der Waals surface area contributed by atoms with E-state index in [1.165, 1.54) is 7.11 Å². The number of oxime groups is 1. The summed E-state index contributed by atoms with van der Waals surface area (Å²) in [7, 11) is 5.51. The van der Waals surface area contributed by atoms with Gasteiger partial charge in [-0.2, -0.15) is 0 Å². The maximum atomic E-state index is 5.93. The molecule has 5 nitrogen and oxygen atoms in total. The third-order valence-corrected chi connectivity index (χ3v) is 4.05. The maximum Gasteiger partial charge on any atom is 0.106 e. The highest BCUT2D eigenvalue weighted by molar-refractivity contribution is 6.28. The third kappa shape index (κ3) is 4.05. The summed E-state index contributed by atoms with van der Waals surface area (Å²) >= 11 is 5.93. The lowest BCUT2D eigenvalue weighted by atomic mass is 10.2. The van der Waals surface area contributed by atoms with Gasteiger partial charge in [0.05, 0.1) is 23.8 Å². The van der Waals surface area contributed by atoms with Crippen molar-refractivity contribution in [3.8, 4) is 0 Å². The smallest absolute Gasteiger partial charge is 0.106 e. The SMILES string of the molecule is CO/N=C(\CCl)Cn1c(C)cc2cc(/N=C(\C)N(C)C)ccc21. The molecule has 0 amide bonds. The number of hydrogen-bond donors (Lipinski definition) is 0. The second kappa shape index (κ2) is 7.51. The fourth-order valence-electron chi connectivity index (χ4n) is 2.37. The van der Waals surface area contributed by atoms with Crippen molar-refractivity contribution < 1.29 is 4.84 Å². The lowest BCUT2D eigenvalue weighted by Crippen LogP contribution is -2.17. The summed E-state index contributed by atoms with van der Waals surface area (Å²) in [5, 5.41) is 5.13. The van der Waals surface area contributed by atoms with Crippen molar-refractivity contribution in [2.75, 3.05) is 27.1 Å². The minimum atomic E-state index is 0.345. The molecule has 1 aromatic heterocycles. The second-order valence-electron chi connectivity index (χ2n) is 5.64. The Morgan fingerprint density at radius 2 is 2.04 bits per heavy atom. The van der Waals surface area contributed by atoms with Crippen LogP contribution in [0.5, 0.6) is 0 Å². The zero-order valence-corrected chi connectivity index (χ0v) is 15.1. The highest BCUT2D eigenvalue weighted by atomic mass is 35.5. The largest absolute Gasteiger partial charge is 0.399 e. The molecule has 124 valence electrons. The van der Waals surface area contributed by atoms with Gasteiger partial charge in [0, 0.05) is 30.7 Å². The molecule has 0 aliphatic carbocycles. The van der Waals surface area contributed by atoms with Crippen LogP contribution in [0.25, 0.3) is 10.9 Å². The number of aliphatic imine (C=N–C) groups is 1. The van der Waals surface area contributed by atoms with E-state index in [1.807, 2.05) is 32.0 Å². The fourth-order valence-corrected chi connectivity index (χ4v) is 2.50. The molecule has 0 atom stereocenters. The summed E-state index contributed by atoms with van der Waals surface area (Å²) in [6.07, 6.45) is 0. The molecule has 0 spiro atoms. The Kier molecular flexibility index (Phi) is 5.66. The van der Waals surface area contributed by atoms with Gasteiger partial charge in [-0.25, -0.2) is 4.99 Å². The van der Waals surface area contributed by atoms with Crippen molar-refractivity contribution in [3.05, 3.63) is 30.0 Å². The van der Waals surface area contributed by atoms with E-state index in [4.69, 9.17) is 16.4 Å². The molecule has 0 aliphatic heterocycles. The Morgan fingerprint density at radius 3 is 2.65 bits per heavy atom. The van der Waals surface area contributed by atoms with Crippen molar-refractivity contribution in [1.82, 2.24) is 9.47 Å². The molecule has 2 aromatic rings. The predicted molar refractivity (Wildman–Crippen MR) is 98.3 cm³/mol. The van der Waals surface area contributed by atoms with Crippen LogP contribution in [-0.2, 0) is 11.4 Å². The lowest BCUT2D eigenvalue weighted by molar-refractivity contribution is 0.212. The number of aromatic nitrogens is 1. The number of alkyl halides is 1. The minimum Gasteiger partial charge on any atom is -0.399 e. The molecule has 0 saturated carbocycles. The number of hydrogen-bond acceptors (Lipinski definition) is 3. The molecule has 23 heavy (non-hydrogen) atoms. The first-order chi connectivity index (χ1) is 11.0. The zero-order valence-electron chi connectivity index (χ0n) is 14.3. The molecule has 0 unspecified atom stereocenters. The number of halogens is 1. The summed E-state index contributed by atoms with van der Waals surface area (Å²) in [6.45, 7) is 4.69. The van der Waals surface area contributed by atoms with E-state index >= 15 is 0 Å². The van der Waals surface area contributed by atoms with E-state index in [9.17, 15) is 0 Å². The monoisotopic (exact) mass is 334 g/mol. The van der Waals surface area contributed by atoms with Gasteiger partial charge >= 0.3 is 0 Å². The van der Waals surface area contributed by atoms with E-state index in [-0.39, 0.29) is 0 Å². The van der Waals surface area contributed by atoms with Crippen molar-refractivity contribution in [3.63, 3.8) is 0 Å². The maximum absolute atomic E-state index is 5.93. The normalized spacial score (nSPS) is 12.8. The summed E-state index contributed by atoms with van der Waals surface area (Å²) in [5.41, 5.74) is 4.03. The van der Waals surface area contributed by atoms with Crippen LogP contribution < -0.4 is 0 Å². The topological polar surface area (TPSA) is 42.1 Å². The molecule has 0 fully saturated rings. The Labute approximate surface area is 142 Å². The summed E-state index contributed by atoms with van der Waals surface area (Å²) in [4.78, 5) is 11.5. The van der Waals surface area contributed by atoms with Gasteiger partial charge in [-0.1, -0.05) is 5.16 Å². The first-order valence-corrected chi connectivity index (χ1v) is 7.97. The van der Waals surface area contributed by atoms with Crippen molar-refractivity contribution in [2.45, 2.75) is 20.4 Å². The minimum absolute atomic E-state index is 0.345. The standard InChI is InChI=1S/C17H23ClN4O/c1-12-8-14-9-15(19-13(2)21(3)4)6-7-17(14)22(12)11-16(10-18)20-23-5/h6-9H,10-11H2,1-5H3/b19-13+,20-16+. The third-order valence-electron chi connectivity index (χ3n) is 3.75. The number of aryl methyl sites for hydroxylation is 1. The van der Waals surface area contributed by atoms with Gasteiger partial charge in [0.2, 0.25) is 0 Å². The predicted octanol–water partition coefficient (Wildman–Crippen LogP) is 3.80. The summed E-state index contributed by atoms with van der Waals surface area (Å²) in [5.74, 6) is 1.31. The van der Waals surface area contributed by atoms with Crippen LogP contribution in [0.1, 0.15) is 12.6 Å². The van der Waals surface area contributed by atoms with Crippen LogP contribution in [0.3, 0.4) is 0 Å². The molecule has 0 bridgehead atoms. The molecular formula is C17H23ClN4O. The first kappa shape index (κ1) is 17.3. The van der Waals surface area contributed by atoms with Crippen LogP contribution in [0.4, 0.5) is 5.69 Å². The van der Waals surface area contributed by atoms with Crippen LogP contribution in [0, 0.1) is 6.92 Å². The molecular weight excluding hydrogens is 312 g/mol. The van der Waals surface area contributed by atoms with Crippen LogP contribution in [0.2, 0.25) is 0 Å². The highest BCUT2D eigenvalue weighted by Crippen LogP contribution is 2.25. The molecule has 1 heterocycles. The zero-order chi connectivity index (χ0) is 17.0. The Bertz CT molecular complexity index is 746. The molecule has 0 N–H and O–H groups in total. The van der Waals surface area contributed by atoms with Crippen molar-refractivity contribution >= 4 is 39.7 Å². The van der Waals surface area contributed by atoms with E-state index in [1.54, 1.807) is 0 Å². The van der Waals surface area contributed by atoms with Gasteiger partial charge in [-0.3, -0.25) is 0 Å². The number of amidine groups is 1. The second-order valence-corrected chi connectivity index (χ2v) is 5.91. The van der Waals surface area contributed by atoms with Gasteiger partial charge in [0.1, 0.15) is 12.9 Å². The van der Waals surface area contributed by atoms with Crippen molar-refractivity contribution in [2.24, 2.45) is 10.1 Å². The highest BCUT2D eigenvalue weighted by Gasteiger charge is 2.09. The van der Waals surface area contributed by atoms with Crippen LogP contribution in [-0.4, -0.2) is 48.1 Å². The van der Waals surface area contributed by atoms with E-state index in [2.05, 4.69) is 39.8 Å². The van der Waals surface area contributed by atoms with E-state index in [0.29, 0.717) is 12.4 Å². The van der Waals surface area contributed by atoms with Crippen LogP contribution >= 0.6 is 11.6 Å². The molecule has 0 saturated heterocycles. The average molecular weight is 335 g/mol. The average Bonchev–Trinajstić information content (AvgIpc) is 2.81. The summed E-state index contributed by atoms with van der Waals surface area (Å²) < 4.78 is 2.18. The Balaban J connectivity index is 2.41. The quantitative estimate of drug-likeness (QED) is 0.361. The van der Waals surface area contributed by atoms with E-state index in [0.717, 1.165) is 33.8 Å². The Hall–Kier alpha value is -2.01. The first-order valence-electron chi connectivity index (χ1n) is 7.43. The van der Waals surface area contributed by atoms with Gasteiger partial charge < -0.3 is 14.3 Å². The van der Waals surface area contributed by atoms with Gasteiger partial charge in [-0.05, 0) is 38.1 Å². The number of benzene rings is 1. The molecule has 6 heteroatoms. The molecule has 2 rings (SSSR count). The Morgan fingerprint density at radius 1 is 1.30 bits per heavy atom. The lowest BCUT2D eigenvalue weighted by Gasteiger charge is -2.11. The molecule has 0 radical (unpaired) electrons. The number of nitrogens with zero attached hydrogens (tertiary/aromatic N) is 4. The number of rotatable bonds is 5. The van der Waals surface area contributed by atoms with Gasteiger partial charge in [-0.15, -0.1) is 11.6 Å². The van der Waals surface area contributed by atoms with Gasteiger partial charge in [0.15, 0.2) is 0 Å². The van der Waals surface area contributed by atoms with E-state index < -0.39 is 0 Å². The van der Waals surface area contributed by atoms with Crippen molar-refractivity contribution in [1.29, 1.82) is 0 Å². The molecule has 1 aromatic carbocycles. The number of fused-ring (bicyclic) bond motifs is 1. The van der Waals surface area contributed by atoms with Gasteiger partial charge in [0.25, 0.3) is 0 Å².